The molecule has 0 bridgehead atoms. The molecule has 2 aromatic carbocycles. The highest BCUT2D eigenvalue weighted by Gasteiger charge is 2.43. The number of para-hydroxylation sites is 2. The lowest BCUT2D eigenvalue weighted by atomic mass is 9.71. The van der Waals surface area contributed by atoms with Gasteiger partial charge in [-0.2, -0.15) is 0 Å². The second-order valence-electron chi connectivity index (χ2n) is 8.98. The predicted octanol–water partition coefficient (Wildman–Crippen LogP) is 5.03. The highest BCUT2D eigenvalue weighted by Crippen LogP contribution is 2.50. The average Bonchev–Trinajstić information content (AvgIpc) is 2.90. The largest absolute Gasteiger partial charge is 0.496 e. The van der Waals surface area contributed by atoms with E-state index in [0.717, 1.165) is 17.0 Å². The van der Waals surface area contributed by atoms with Crippen LogP contribution < -0.4 is 19.5 Å². The molecule has 0 saturated carbocycles. The maximum Gasteiger partial charge on any atom is 0.336 e. The zero-order chi connectivity index (χ0) is 25.8. The van der Waals surface area contributed by atoms with E-state index in [9.17, 15) is 9.59 Å². The molecule has 1 N–H and O–H groups in total. The van der Waals surface area contributed by atoms with E-state index in [1.165, 1.54) is 0 Å². The van der Waals surface area contributed by atoms with Gasteiger partial charge in [0.2, 0.25) is 0 Å². The second-order valence-corrected chi connectivity index (χ2v) is 8.98. The van der Waals surface area contributed by atoms with E-state index in [4.69, 9.17) is 18.9 Å². The van der Waals surface area contributed by atoms with Gasteiger partial charge in [0, 0.05) is 34.9 Å². The summed E-state index contributed by atoms with van der Waals surface area (Å²) in [6, 6.07) is 13.3. The minimum Gasteiger partial charge on any atom is -0.496 e. The van der Waals surface area contributed by atoms with E-state index in [0.29, 0.717) is 59.8 Å². The summed E-state index contributed by atoms with van der Waals surface area (Å²) in [4.78, 5) is 27.2. The molecule has 1 aliphatic heterocycles. The molecule has 36 heavy (non-hydrogen) atoms. The molecule has 0 amide bonds. The van der Waals surface area contributed by atoms with Crippen LogP contribution in [0.5, 0.6) is 17.2 Å². The van der Waals surface area contributed by atoms with Gasteiger partial charge < -0.3 is 24.3 Å². The molecule has 7 heteroatoms. The van der Waals surface area contributed by atoms with Gasteiger partial charge in [-0.1, -0.05) is 37.3 Å². The molecule has 0 fully saturated rings. The number of hydrogen-bond acceptors (Lipinski definition) is 7. The SMILES string of the molecule is CCCOC(=O)C1=C(C)NC2=C(C(=O)CC(c3ccccc3OC)C2)C1c1cccc(OC)c1OC. The van der Waals surface area contributed by atoms with Crippen molar-refractivity contribution in [3.63, 3.8) is 0 Å². The van der Waals surface area contributed by atoms with Crippen molar-refractivity contribution in [2.24, 2.45) is 0 Å². The second kappa shape index (κ2) is 10.9. The number of benzene rings is 2. The Bertz CT molecular complexity index is 1230. The fraction of sp³-hybridized carbons (Fsp3) is 0.379. The minimum absolute atomic E-state index is 0.0252. The van der Waals surface area contributed by atoms with Gasteiger partial charge in [-0.05, 0) is 37.5 Å². The van der Waals surface area contributed by atoms with Crippen LogP contribution in [0.2, 0.25) is 0 Å². The number of carbonyl (C=O) groups is 2. The van der Waals surface area contributed by atoms with Crippen molar-refractivity contribution in [1.29, 1.82) is 0 Å². The zero-order valence-electron chi connectivity index (χ0n) is 21.5. The summed E-state index contributed by atoms with van der Waals surface area (Å²) in [5.74, 6) is 0.635. The molecule has 4 rings (SSSR count). The molecular formula is C29H33NO6. The maximum absolute atomic E-state index is 13.9. The summed E-state index contributed by atoms with van der Waals surface area (Å²) < 4.78 is 22.4. The van der Waals surface area contributed by atoms with Crippen molar-refractivity contribution in [2.45, 2.75) is 44.9 Å². The van der Waals surface area contributed by atoms with E-state index in [1.54, 1.807) is 27.4 Å². The number of methoxy groups -OCH3 is 3. The molecule has 0 spiro atoms. The number of ketones is 1. The van der Waals surface area contributed by atoms with Crippen LogP contribution in [-0.2, 0) is 14.3 Å². The number of allylic oxidation sites excluding steroid dienone is 3. The molecule has 1 heterocycles. The van der Waals surface area contributed by atoms with Crippen molar-refractivity contribution in [3.05, 3.63) is 76.1 Å². The summed E-state index contributed by atoms with van der Waals surface area (Å²) in [5, 5.41) is 3.38. The lowest BCUT2D eigenvalue weighted by Crippen LogP contribution is -2.36. The van der Waals surface area contributed by atoms with Crippen LogP contribution in [0, 0.1) is 0 Å². The monoisotopic (exact) mass is 491 g/mol. The summed E-state index contributed by atoms with van der Waals surface area (Å²) in [5.41, 5.74) is 4.14. The van der Waals surface area contributed by atoms with Crippen LogP contribution in [0.25, 0.3) is 0 Å². The van der Waals surface area contributed by atoms with Gasteiger partial charge >= 0.3 is 5.97 Å². The Hall–Kier alpha value is -3.74. The normalized spacial score (nSPS) is 19.4. The standard InChI is InChI=1S/C29H33NO6/c1-6-14-36-29(32)25-17(2)30-21-15-18(19-10-7-8-12-23(19)33-3)16-22(31)27(21)26(25)20-11-9-13-24(34-4)28(20)35-5/h7-13,18,26,30H,6,14-16H2,1-5H3. The van der Waals surface area contributed by atoms with Gasteiger partial charge in [-0.3, -0.25) is 4.79 Å². The van der Waals surface area contributed by atoms with E-state index in [2.05, 4.69) is 5.32 Å². The Kier molecular flexibility index (Phi) is 7.67. The first-order chi connectivity index (χ1) is 17.4. The van der Waals surface area contributed by atoms with Gasteiger partial charge in [0.15, 0.2) is 17.3 Å². The van der Waals surface area contributed by atoms with Gasteiger partial charge in [0.25, 0.3) is 0 Å². The lowest BCUT2D eigenvalue weighted by molar-refractivity contribution is -0.139. The third-order valence-electron chi connectivity index (χ3n) is 6.81. The Morgan fingerprint density at radius 2 is 1.64 bits per heavy atom. The number of carbonyl (C=O) groups excluding carboxylic acids is 2. The van der Waals surface area contributed by atoms with Crippen LogP contribution in [0.4, 0.5) is 0 Å². The average molecular weight is 492 g/mol. The Balaban J connectivity index is 1.86. The Morgan fingerprint density at radius 1 is 0.944 bits per heavy atom. The highest BCUT2D eigenvalue weighted by atomic mass is 16.5. The van der Waals surface area contributed by atoms with Gasteiger partial charge in [-0.15, -0.1) is 0 Å². The van der Waals surface area contributed by atoms with Gasteiger partial charge in [0.05, 0.1) is 39.4 Å². The minimum atomic E-state index is -0.637. The quantitative estimate of drug-likeness (QED) is 0.519. The van der Waals surface area contributed by atoms with Crippen LogP contribution in [0.15, 0.2) is 65.0 Å². The highest BCUT2D eigenvalue weighted by molar-refractivity contribution is 6.04. The van der Waals surface area contributed by atoms with Crippen molar-refractivity contribution in [3.8, 4) is 17.2 Å². The summed E-state index contributed by atoms with van der Waals surface area (Å²) in [6.07, 6.45) is 1.62. The smallest absolute Gasteiger partial charge is 0.336 e. The van der Waals surface area contributed by atoms with Crippen LogP contribution in [0.3, 0.4) is 0 Å². The molecule has 2 aliphatic rings. The summed E-state index contributed by atoms with van der Waals surface area (Å²) in [6.45, 7) is 4.09. The molecule has 2 unspecified atom stereocenters. The third-order valence-corrected chi connectivity index (χ3v) is 6.81. The first-order valence-corrected chi connectivity index (χ1v) is 12.2. The number of ether oxygens (including phenoxy) is 4. The van der Waals surface area contributed by atoms with E-state index in [-0.39, 0.29) is 11.7 Å². The molecule has 0 radical (unpaired) electrons. The maximum atomic E-state index is 13.9. The molecule has 7 nitrogen and oxygen atoms in total. The first kappa shape index (κ1) is 25.4. The zero-order valence-corrected chi connectivity index (χ0v) is 21.5. The van der Waals surface area contributed by atoms with E-state index >= 15 is 0 Å². The Labute approximate surface area is 212 Å². The number of esters is 1. The fourth-order valence-corrected chi connectivity index (χ4v) is 5.26. The fourth-order valence-electron chi connectivity index (χ4n) is 5.26. The summed E-state index contributed by atoms with van der Waals surface area (Å²) in [7, 11) is 4.76. The van der Waals surface area contributed by atoms with Crippen molar-refractivity contribution < 1.29 is 28.5 Å². The summed E-state index contributed by atoms with van der Waals surface area (Å²) >= 11 is 0. The topological polar surface area (TPSA) is 83.1 Å². The number of Topliss-reactive ketones (excluding diaryl/α,β-unsaturated/α-hetero) is 1. The first-order valence-electron chi connectivity index (χ1n) is 12.2. The molecule has 0 aromatic heterocycles. The van der Waals surface area contributed by atoms with E-state index in [1.807, 2.05) is 50.2 Å². The third kappa shape index (κ3) is 4.57. The number of hydrogen-bond donors (Lipinski definition) is 1. The van der Waals surface area contributed by atoms with E-state index < -0.39 is 11.9 Å². The predicted molar refractivity (Wildman–Crippen MR) is 136 cm³/mol. The lowest BCUT2D eigenvalue weighted by Gasteiger charge is -2.37. The van der Waals surface area contributed by atoms with Gasteiger partial charge in [0.1, 0.15) is 5.75 Å². The van der Waals surface area contributed by atoms with Gasteiger partial charge in [-0.25, -0.2) is 4.79 Å². The van der Waals surface area contributed by atoms with Crippen LogP contribution >= 0.6 is 0 Å². The molecule has 0 saturated heterocycles. The number of nitrogens with one attached hydrogen (secondary N) is 1. The Morgan fingerprint density at radius 3 is 2.33 bits per heavy atom. The van der Waals surface area contributed by atoms with Crippen molar-refractivity contribution >= 4 is 11.8 Å². The van der Waals surface area contributed by atoms with Crippen molar-refractivity contribution in [2.75, 3.05) is 27.9 Å². The molecule has 2 aromatic rings. The number of dihydropyridines is 1. The molecule has 190 valence electrons. The number of rotatable bonds is 8. The molecule has 2 atom stereocenters. The molecular weight excluding hydrogens is 458 g/mol. The molecule has 1 aliphatic carbocycles. The van der Waals surface area contributed by atoms with Crippen LogP contribution in [-0.4, -0.2) is 39.7 Å². The van der Waals surface area contributed by atoms with Crippen molar-refractivity contribution in [1.82, 2.24) is 5.32 Å². The van der Waals surface area contributed by atoms with Crippen LogP contribution in [0.1, 0.15) is 56.1 Å².